The van der Waals surface area contributed by atoms with Gasteiger partial charge in [-0.05, 0) is 24.8 Å². The Morgan fingerprint density at radius 2 is 2.33 bits per heavy atom. The fourth-order valence-corrected chi connectivity index (χ4v) is 1.50. The summed E-state index contributed by atoms with van der Waals surface area (Å²) in [4.78, 5) is 10.4. The highest BCUT2D eigenvalue weighted by molar-refractivity contribution is 5.66. The number of nitrogens with zero attached hydrogens (tertiary/aromatic N) is 2. The lowest BCUT2D eigenvalue weighted by Crippen LogP contribution is -2.10. The van der Waals surface area contributed by atoms with E-state index in [1.807, 2.05) is 10.7 Å². The quantitative estimate of drug-likeness (QED) is 0.780. The highest BCUT2D eigenvalue weighted by Gasteiger charge is 2.05. The maximum Gasteiger partial charge on any atom is 0.303 e. The van der Waals surface area contributed by atoms with Crippen LogP contribution in [0.1, 0.15) is 32.4 Å². The molecule has 0 saturated carbocycles. The highest BCUT2D eigenvalue weighted by Crippen LogP contribution is 2.07. The molecule has 0 bridgehead atoms. The number of hydrogen-bond donors (Lipinski definition) is 1. The lowest BCUT2D eigenvalue weighted by atomic mass is 10.2. The predicted octanol–water partition coefficient (Wildman–Crippen LogP) is 1.95. The van der Waals surface area contributed by atoms with Crippen LogP contribution in [-0.4, -0.2) is 20.9 Å². The van der Waals surface area contributed by atoms with Crippen LogP contribution in [0.2, 0.25) is 0 Å². The van der Waals surface area contributed by atoms with Gasteiger partial charge in [-0.15, -0.1) is 0 Å². The standard InChI is InChI=1S/C11H18N2O2/c1-9(2)8-13-10(6-7-12-13)4-3-5-11(14)15/h6-7,9H,3-5,8H2,1-2H3,(H,14,15). The first-order chi connectivity index (χ1) is 7.09. The average Bonchev–Trinajstić information content (AvgIpc) is 2.51. The van der Waals surface area contributed by atoms with Crippen molar-refractivity contribution in [3.05, 3.63) is 18.0 Å². The lowest BCUT2D eigenvalue weighted by Gasteiger charge is -2.09. The molecule has 15 heavy (non-hydrogen) atoms. The van der Waals surface area contributed by atoms with E-state index in [9.17, 15) is 4.79 Å². The molecule has 84 valence electrons. The Hall–Kier alpha value is -1.32. The second-order valence-corrected chi connectivity index (χ2v) is 4.15. The number of hydrogen-bond acceptors (Lipinski definition) is 2. The molecule has 1 rings (SSSR count). The van der Waals surface area contributed by atoms with E-state index in [0.29, 0.717) is 12.3 Å². The number of aryl methyl sites for hydroxylation is 1. The summed E-state index contributed by atoms with van der Waals surface area (Å²) >= 11 is 0. The van der Waals surface area contributed by atoms with Crippen molar-refractivity contribution in [3.8, 4) is 0 Å². The van der Waals surface area contributed by atoms with Gasteiger partial charge in [-0.3, -0.25) is 9.48 Å². The zero-order chi connectivity index (χ0) is 11.3. The maximum absolute atomic E-state index is 10.4. The molecule has 0 saturated heterocycles. The fraction of sp³-hybridized carbons (Fsp3) is 0.636. The Morgan fingerprint density at radius 1 is 1.60 bits per heavy atom. The number of aromatic nitrogens is 2. The van der Waals surface area contributed by atoms with E-state index in [0.717, 1.165) is 18.7 Å². The zero-order valence-corrected chi connectivity index (χ0v) is 9.31. The molecule has 4 nitrogen and oxygen atoms in total. The van der Waals surface area contributed by atoms with Crippen molar-refractivity contribution in [2.45, 2.75) is 39.7 Å². The topological polar surface area (TPSA) is 55.1 Å². The third-order valence-electron chi connectivity index (χ3n) is 2.17. The third-order valence-corrected chi connectivity index (χ3v) is 2.17. The Kier molecular flexibility index (Phi) is 4.34. The maximum atomic E-state index is 10.4. The molecule has 0 unspecified atom stereocenters. The summed E-state index contributed by atoms with van der Waals surface area (Å²) in [6.45, 7) is 5.18. The molecule has 1 heterocycles. The van der Waals surface area contributed by atoms with Crippen LogP contribution in [0.25, 0.3) is 0 Å². The second kappa shape index (κ2) is 5.53. The van der Waals surface area contributed by atoms with Crippen LogP contribution in [0.5, 0.6) is 0 Å². The van der Waals surface area contributed by atoms with Gasteiger partial charge in [0.25, 0.3) is 0 Å². The van der Waals surface area contributed by atoms with Gasteiger partial charge in [0.15, 0.2) is 0 Å². The van der Waals surface area contributed by atoms with Gasteiger partial charge in [0.1, 0.15) is 0 Å². The van der Waals surface area contributed by atoms with Crippen LogP contribution >= 0.6 is 0 Å². The van der Waals surface area contributed by atoms with E-state index >= 15 is 0 Å². The number of carboxylic acids is 1. The molecule has 1 aromatic rings. The van der Waals surface area contributed by atoms with E-state index in [2.05, 4.69) is 18.9 Å². The van der Waals surface area contributed by atoms with Crippen molar-refractivity contribution in [1.82, 2.24) is 9.78 Å². The summed E-state index contributed by atoms with van der Waals surface area (Å²) in [5.74, 6) is -0.173. The summed E-state index contributed by atoms with van der Waals surface area (Å²) in [7, 11) is 0. The van der Waals surface area contributed by atoms with E-state index in [4.69, 9.17) is 5.11 Å². The van der Waals surface area contributed by atoms with Gasteiger partial charge in [0, 0.05) is 24.9 Å². The van der Waals surface area contributed by atoms with Crippen molar-refractivity contribution < 1.29 is 9.90 Å². The van der Waals surface area contributed by atoms with Crippen LogP contribution in [-0.2, 0) is 17.8 Å². The first kappa shape index (κ1) is 11.8. The highest BCUT2D eigenvalue weighted by atomic mass is 16.4. The largest absolute Gasteiger partial charge is 0.481 e. The van der Waals surface area contributed by atoms with Crippen molar-refractivity contribution in [1.29, 1.82) is 0 Å². The second-order valence-electron chi connectivity index (χ2n) is 4.15. The Labute approximate surface area is 89.9 Å². The Bertz CT molecular complexity index is 318. The Morgan fingerprint density at radius 3 is 2.93 bits per heavy atom. The summed E-state index contributed by atoms with van der Waals surface area (Å²) < 4.78 is 1.96. The van der Waals surface area contributed by atoms with Crippen molar-refractivity contribution in [2.24, 2.45) is 5.92 Å². The minimum Gasteiger partial charge on any atom is -0.481 e. The lowest BCUT2D eigenvalue weighted by molar-refractivity contribution is -0.137. The van der Waals surface area contributed by atoms with Gasteiger partial charge in [-0.25, -0.2) is 0 Å². The molecule has 0 aliphatic rings. The Balaban J connectivity index is 2.46. The molecule has 1 N–H and O–H groups in total. The normalized spacial score (nSPS) is 10.9. The van der Waals surface area contributed by atoms with Crippen LogP contribution in [0.15, 0.2) is 12.3 Å². The van der Waals surface area contributed by atoms with Gasteiger partial charge < -0.3 is 5.11 Å². The molecule has 0 radical (unpaired) electrons. The number of carboxylic acid groups (broad SMARTS) is 1. The first-order valence-electron chi connectivity index (χ1n) is 5.32. The smallest absolute Gasteiger partial charge is 0.303 e. The van der Waals surface area contributed by atoms with E-state index in [-0.39, 0.29) is 6.42 Å². The SMILES string of the molecule is CC(C)Cn1nccc1CCCC(=O)O. The summed E-state index contributed by atoms with van der Waals surface area (Å²) in [6.07, 6.45) is 3.48. The van der Waals surface area contributed by atoms with Crippen LogP contribution in [0.3, 0.4) is 0 Å². The zero-order valence-electron chi connectivity index (χ0n) is 9.31. The molecule has 0 atom stereocenters. The molecular formula is C11H18N2O2. The van der Waals surface area contributed by atoms with Crippen LogP contribution in [0, 0.1) is 5.92 Å². The molecule has 0 fully saturated rings. The monoisotopic (exact) mass is 210 g/mol. The molecule has 0 aliphatic carbocycles. The average molecular weight is 210 g/mol. The van der Waals surface area contributed by atoms with Crippen molar-refractivity contribution >= 4 is 5.97 Å². The van der Waals surface area contributed by atoms with Gasteiger partial charge in [-0.2, -0.15) is 5.10 Å². The minimum absolute atomic E-state index is 0.229. The van der Waals surface area contributed by atoms with Gasteiger partial charge in [0.05, 0.1) is 0 Å². The van der Waals surface area contributed by atoms with E-state index < -0.39 is 5.97 Å². The number of aliphatic carboxylic acids is 1. The molecule has 4 heteroatoms. The summed E-state index contributed by atoms with van der Waals surface area (Å²) in [5, 5.41) is 12.8. The minimum atomic E-state index is -0.732. The molecule has 0 amide bonds. The van der Waals surface area contributed by atoms with E-state index in [1.165, 1.54) is 0 Å². The summed E-state index contributed by atoms with van der Waals surface area (Å²) in [5.41, 5.74) is 1.13. The first-order valence-corrected chi connectivity index (χ1v) is 5.32. The van der Waals surface area contributed by atoms with Gasteiger partial charge >= 0.3 is 5.97 Å². The molecule has 0 aromatic carbocycles. The van der Waals surface area contributed by atoms with Crippen molar-refractivity contribution in [2.75, 3.05) is 0 Å². The van der Waals surface area contributed by atoms with E-state index in [1.54, 1.807) is 6.20 Å². The third kappa shape index (κ3) is 4.14. The van der Waals surface area contributed by atoms with Crippen LogP contribution < -0.4 is 0 Å². The molecular weight excluding hydrogens is 192 g/mol. The van der Waals surface area contributed by atoms with Gasteiger partial charge in [0.2, 0.25) is 0 Å². The summed E-state index contributed by atoms with van der Waals surface area (Å²) in [6, 6.07) is 1.96. The molecule has 0 spiro atoms. The molecule has 0 aliphatic heterocycles. The van der Waals surface area contributed by atoms with Crippen molar-refractivity contribution in [3.63, 3.8) is 0 Å². The van der Waals surface area contributed by atoms with Gasteiger partial charge in [-0.1, -0.05) is 13.8 Å². The predicted molar refractivity (Wildman–Crippen MR) is 57.6 cm³/mol. The molecule has 1 aromatic heterocycles. The number of carbonyl (C=O) groups is 1. The fourth-order valence-electron chi connectivity index (χ4n) is 1.50. The number of rotatable bonds is 6. The van der Waals surface area contributed by atoms with Crippen LogP contribution in [0.4, 0.5) is 0 Å².